The van der Waals surface area contributed by atoms with Crippen LogP contribution in [0.4, 0.5) is 0 Å². The summed E-state index contributed by atoms with van der Waals surface area (Å²) < 4.78 is 22.5. The second-order valence-corrected chi connectivity index (χ2v) is 13.0. The van der Waals surface area contributed by atoms with Crippen LogP contribution in [0.2, 0.25) is 18.1 Å². The highest BCUT2D eigenvalue weighted by Gasteiger charge is 2.37. The standard InChI is InChI=1S/C21H36O5Si/c1-8-24-20(22)15-19(13-14-26-27(6,7)21(2,3)4)25-16-17-9-11-18(23-5)12-10-17/h9-12,19H,8,13-16H2,1-7H3/t19-/m1/s1. The molecule has 0 unspecified atom stereocenters. The summed E-state index contributed by atoms with van der Waals surface area (Å²) in [6, 6.07) is 7.73. The van der Waals surface area contributed by atoms with Gasteiger partial charge in [0, 0.05) is 6.61 Å². The summed E-state index contributed by atoms with van der Waals surface area (Å²) in [5.74, 6) is 0.578. The minimum Gasteiger partial charge on any atom is -0.497 e. The summed E-state index contributed by atoms with van der Waals surface area (Å²) in [4.78, 5) is 11.9. The molecule has 0 saturated carbocycles. The lowest BCUT2D eigenvalue weighted by Crippen LogP contribution is -2.41. The van der Waals surface area contributed by atoms with Gasteiger partial charge in [0.2, 0.25) is 0 Å². The van der Waals surface area contributed by atoms with E-state index in [1.54, 1.807) is 7.11 Å². The van der Waals surface area contributed by atoms with Crippen LogP contribution in [0, 0.1) is 0 Å². The van der Waals surface area contributed by atoms with Gasteiger partial charge in [0.1, 0.15) is 5.75 Å². The number of hydrogen-bond acceptors (Lipinski definition) is 5. The zero-order valence-electron chi connectivity index (χ0n) is 18.0. The average molecular weight is 397 g/mol. The van der Waals surface area contributed by atoms with Crippen molar-refractivity contribution in [3.05, 3.63) is 29.8 Å². The Bertz CT molecular complexity index is 563. The van der Waals surface area contributed by atoms with E-state index in [2.05, 4.69) is 33.9 Å². The number of methoxy groups -OCH3 is 1. The number of esters is 1. The van der Waals surface area contributed by atoms with E-state index >= 15 is 0 Å². The van der Waals surface area contributed by atoms with Crippen molar-refractivity contribution < 1.29 is 23.4 Å². The second-order valence-electron chi connectivity index (χ2n) is 8.19. The monoisotopic (exact) mass is 396 g/mol. The number of carbonyl (C=O) groups excluding carboxylic acids is 1. The number of benzene rings is 1. The minimum absolute atomic E-state index is 0.160. The zero-order chi connectivity index (χ0) is 20.5. The molecule has 27 heavy (non-hydrogen) atoms. The first-order valence-corrected chi connectivity index (χ1v) is 12.5. The quantitative estimate of drug-likeness (QED) is 0.391. The SMILES string of the molecule is CCOC(=O)C[C@@H](CCO[Si](C)(C)C(C)(C)C)OCc1ccc(OC)cc1. The Hall–Kier alpha value is -1.37. The number of rotatable bonds is 11. The highest BCUT2D eigenvalue weighted by atomic mass is 28.4. The molecular formula is C21H36O5Si. The topological polar surface area (TPSA) is 54.0 Å². The summed E-state index contributed by atoms with van der Waals surface area (Å²) in [5, 5.41) is 0.160. The third kappa shape index (κ3) is 8.45. The maximum absolute atomic E-state index is 11.9. The van der Waals surface area contributed by atoms with Gasteiger partial charge in [0.25, 0.3) is 0 Å². The molecule has 154 valence electrons. The number of hydrogen-bond donors (Lipinski definition) is 0. The molecule has 0 amide bonds. The maximum atomic E-state index is 11.9. The van der Waals surface area contributed by atoms with Crippen LogP contribution in [-0.4, -0.2) is 40.7 Å². The van der Waals surface area contributed by atoms with Gasteiger partial charge in [0.05, 0.1) is 32.8 Å². The van der Waals surface area contributed by atoms with E-state index in [1.165, 1.54) is 0 Å². The summed E-state index contributed by atoms with van der Waals surface area (Å²) in [5.41, 5.74) is 1.04. The Morgan fingerprint density at radius 1 is 1.15 bits per heavy atom. The number of carbonyl (C=O) groups is 1. The molecule has 0 bridgehead atoms. The molecule has 1 atom stereocenters. The van der Waals surface area contributed by atoms with Crippen molar-refractivity contribution in [3.8, 4) is 5.75 Å². The Kier molecular flexibility index (Phi) is 9.49. The van der Waals surface area contributed by atoms with Crippen molar-refractivity contribution in [2.75, 3.05) is 20.3 Å². The van der Waals surface area contributed by atoms with E-state index < -0.39 is 8.32 Å². The first-order chi connectivity index (χ1) is 12.6. The average Bonchev–Trinajstić information content (AvgIpc) is 2.59. The van der Waals surface area contributed by atoms with Crippen molar-refractivity contribution >= 4 is 14.3 Å². The summed E-state index contributed by atoms with van der Waals surface area (Å²) in [7, 11) is -0.168. The first kappa shape index (κ1) is 23.7. The lowest BCUT2D eigenvalue weighted by molar-refractivity contribution is -0.146. The van der Waals surface area contributed by atoms with Crippen LogP contribution in [0.3, 0.4) is 0 Å². The molecule has 0 heterocycles. The fourth-order valence-electron chi connectivity index (χ4n) is 2.25. The third-order valence-electron chi connectivity index (χ3n) is 5.05. The normalized spacial score (nSPS) is 13.3. The first-order valence-electron chi connectivity index (χ1n) is 9.63. The lowest BCUT2D eigenvalue weighted by Gasteiger charge is -2.36. The van der Waals surface area contributed by atoms with E-state index in [1.807, 2.05) is 31.2 Å². The van der Waals surface area contributed by atoms with Gasteiger partial charge in [-0.3, -0.25) is 4.79 Å². The molecule has 5 nitrogen and oxygen atoms in total. The zero-order valence-corrected chi connectivity index (χ0v) is 19.0. The van der Waals surface area contributed by atoms with Crippen LogP contribution in [0.15, 0.2) is 24.3 Å². The van der Waals surface area contributed by atoms with Gasteiger partial charge in [-0.15, -0.1) is 0 Å². The van der Waals surface area contributed by atoms with Gasteiger partial charge in [-0.1, -0.05) is 32.9 Å². The third-order valence-corrected chi connectivity index (χ3v) is 9.59. The van der Waals surface area contributed by atoms with Gasteiger partial charge in [-0.05, 0) is 49.2 Å². The minimum atomic E-state index is -1.81. The van der Waals surface area contributed by atoms with E-state index in [9.17, 15) is 4.79 Å². The van der Waals surface area contributed by atoms with Gasteiger partial charge in [-0.2, -0.15) is 0 Å². The molecule has 0 aliphatic carbocycles. The van der Waals surface area contributed by atoms with Gasteiger partial charge in [-0.25, -0.2) is 0 Å². The molecule has 1 aromatic rings. The molecule has 1 rings (SSSR count). The smallest absolute Gasteiger partial charge is 0.308 e. The molecule has 0 aliphatic heterocycles. The second kappa shape index (κ2) is 10.8. The van der Waals surface area contributed by atoms with E-state index in [-0.39, 0.29) is 23.5 Å². The molecule has 0 aromatic heterocycles. The predicted molar refractivity (Wildman–Crippen MR) is 111 cm³/mol. The molecule has 0 radical (unpaired) electrons. The summed E-state index contributed by atoms with van der Waals surface area (Å²) in [6.45, 7) is 14.3. The lowest BCUT2D eigenvalue weighted by atomic mass is 10.2. The van der Waals surface area contributed by atoms with Crippen LogP contribution in [0.5, 0.6) is 5.75 Å². The molecule has 1 aromatic carbocycles. The van der Waals surface area contributed by atoms with Crippen molar-refractivity contribution in [1.82, 2.24) is 0 Å². The van der Waals surface area contributed by atoms with Crippen LogP contribution in [-0.2, 0) is 25.3 Å². The molecule has 0 N–H and O–H groups in total. The highest BCUT2D eigenvalue weighted by molar-refractivity contribution is 6.74. The highest BCUT2D eigenvalue weighted by Crippen LogP contribution is 2.36. The van der Waals surface area contributed by atoms with Crippen molar-refractivity contribution in [3.63, 3.8) is 0 Å². The van der Waals surface area contributed by atoms with Crippen LogP contribution >= 0.6 is 0 Å². The number of ether oxygens (including phenoxy) is 3. The molecule has 0 saturated heterocycles. The fourth-order valence-corrected chi connectivity index (χ4v) is 3.31. The van der Waals surface area contributed by atoms with E-state index in [0.29, 0.717) is 26.2 Å². The van der Waals surface area contributed by atoms with Crippen molar-refractivity contribution in [2.45, 2.75) is 71.4 Å². The molecule has 0 fully saturated rings. The Morgan fingerprint density at radius 2 is 1.78 bits per heavy atom. The fraction of sp³-hybridized carbons (Fsp3) is 0.667. The van der Waals surface area contributed by atoms with Crippen molar-refractivity contribution in [1.29, 1.82) is 0 Å². The largest absolute Gasteiger partial charge is 0.497 e. The maximum Gasteiger partial charge on any atom is 0.308 e. The predicted octanol–water partition coefficient (Wildman–Crippen LogP) is 4.95. The van der Waals surface area contributed by atoms with Gasteiger partial charge >= 0.3 is 5.97 Å². The molecular weight excluding hydrogens is 360 g/mol. The van der Waals surface area contributed by atoms with E-state index in [0.717, 1.165) is 11.3 Å². The van der Waals surface area contributed by atoms with Crippen LogP contribution in [0.25, 0.3) is 0 Å². The Balaban J connectivity index is 2.62. The molecule has 0 aliphatic rings. The van der Waals surface area contributed by atoms with Crippen LogP contribution in [0.1, 0.15) is 46.1 Å². The van der Waals surface area contributed by atoms with Crippen LogP contribution < -0.4 is 4.74 Å². The summed E-state index contributed by atoms with van der Waals surface area (Å²) in [6.07, 6.45) is 0.683. The molecule has 6 heteroatoms. The van der Waals surface area contributed by atoms with Crippen molar-refractivity contribution in [2.24, 2.45) is 0 Å². The van der Waals surface area contributed by atoms with Gasteiger partial charge in [0.15, 0.2) is 8.32 Å². The Labute approximate surface area is 165 Å². The Morgan fingerprint density at radius 3 is 2.30 bits per heavy atom. The molecule has 0 spiro atoms. The van der Waals surface area contributed by atoms with Gasteiger partial charge < -0.3 is 18.6 Å². The summed E-state index contributed by atoms with van der Waals surface area (Å²) >= 11 is 0. The van der Waals surface area contributed by atoms with E-state index in [4.69, 9.17) is 18.6 Å².